The summed E-state index contributed by atoms with van der Waals surface area (Å²) in [6.45, 7) is 7.92. The first-order chi connectivity index (χ1) is 16.4. The van der Waals surface area contributed by atoms with Crippen LogP contribution < -0.4 is 0 Å². The summed E-state index contributed by atoms with van der Waals surface area (Å²) in [5.41, 5.74) is -0.949. The van der Waals surface area contributed by atoms with Crippen molar-refractivity contribution in [2.75, 3.05) is 19.6 Å². The number of hydrogen-bond donors (Lipinski definition) is 2. The zero-order chi connectivity index (χ0) is 25.1. The lowest BCUT2D eigenvalue weighted by Crippen LogP contribution is -2.28. The van der Waals surface area contributed by atoms with Gasteiger partial charge in [-0.15, -0.1) is 0 Å². The summed E-state index contributed by atoms with van der Waals surface area (Å²) < 4.78 is 0. The Kier molecular flexibility index (Phi) is 16.7. The zero-order valence-corrected chi connectivity index (χ0v) is 22.0. The first-order valence-electron chi connectivity index (χ1n) is 14.0. The third-order valence-corrected chi connectivity index (χ3v) is 7.11. The van der Waals surface area contributed by atoms with Crippen molar-refractivity contribution in [1.82, 2.24) is 4.90 Å². The van der Waals surface area contributed by atoms with Gasteiger partial charge in [0.1, 0.15) is 0 Å². The summed E-state index contributed by atoms with van der Waals surface area (Å²) in [6.07, 6.45) is 27.9. The third kappa shape index (κ3) is 13.9. The standard InChI is InChI=1S/C20H41N.C9H10O4/c1-2-3-4-5-6-7-8-9-10-11-12-13-14-15-18-21-19-16-17-20-21;1-9(8(12)13)4-2-3-6(5-9)7(10)11/h2-20H2,1H3;2-4H,5H2,1H3,(H,10,11)(H,12,13). The van der Waals surface area contributed by atoms with E-state index in [1.165, 1.54) is 148 Å². The lowest BCUT2D eigenvalue weighted by Gasteiger charge is -2.23. The number of rotatable bonds is 17. The smallest absolute Gasteiger partial charge is 0.331 e. The van der Waals surface area contributed by atoms with Gasteiger partial charge in [0.2, 0.25) is 0 Å². The highest BCUT2D eigenvalue weighted by Crippen LogP contribution is 2.31. The van der Waals surface area contributed by atoms with Gasteiger partial charge in [0.15, 0.2) is 0 Å². The molecule has 5 nitrogen and oxygen atoms in total. The predicted molar refractivity (Wildman–Crippen MR) is 141 cm³/mol. The largest absolute Gasteiger partial charge is 0.481 e. The highest BCUT2D eigenvalue weighted by Gasteiger charge is 2.34. The summed E-state index contributed by atoms with van der Waals surface area (Å²) in [4.78, 5) is 24.0. The fourth-order valence-electron chi connectivity index (χ4n) is 4.72. The van der Waals surface area contributed by atoms with E-state index >= 15 is 0 Å². The summed E-state index contributed by atoms with van der Waals surface area (Å²) >= 11 is 0. The monoisotopic (exact) mass is 477 g/mol. The molecule has 34 heavy (non-hydrogen) atoms. The minimum Gasteiger partial charge on any atom is -0.481 e. The maximum atomic E-state index is 10.8. The van der Waals surface area contributed by atoms with Crippen molar-refractivity contribution in [3.63, 3.8) is 0 Å². The van der Waals surface area contributed by atoms with Crippen LogP contribution in [0.3, 0.4) is 0 Å². The van der Waals surface area contributed by atoms with Crippen LogP contribution >= 0.6 is 0 Å². The van der Waals surface area contributed by atoms with E-state index in [1.54, 1.807) is 0 Å². The van der Waals surface area contributed by atoms with Crippen molar-refractivity contribution < 1.29 is 19.8 Å². The maximum absolute atomic E-state index is 10.8. The maximum Gasteiger partial charge on any atom is 0.331 e. The molecule has 1 aliphatic carbocycles. The molecule has 0 aromatic heterocycles. The number of unbranched alkanes of at least 4 members (excludes halogenated alkanes) is 13. The number of carboxylic acid groups (broad SMARTS) is 2. The van der Waals surface area contributed by atoms with E-state index in [-0.39, 0.29) is 12.0 Å². The quantitative estimate of drug-likeness (QED) is 0.211. The van der Waals surface area contributed by atoms with Crippen molar-refractivity contribution in [1.29, 1.82) is 0 Å². The molecule has 1 unspecified atom stereocenters. The van der Waals surface area contributed by atoms with E-state index in [4.69, 9.17) is 10.2 Å². The van der Waals surface area contributed by atoms with Gasteiger partial charge in [-0.25, -0.2) is 4.79 Å². The van der Waals surface area contributed by atoms with E-state index in [0.717, 1.165) is 0 Å². The summed E-state index contributed by atoms with van der Waals surface area (Å²) in [6, 6.07) is 0. The van der Waals surface area contributed by atoms with Gasteiger partial charge in [-0.2, -0.15) is 0 Å². The van der Waals surface area contributed by atoms with Crippen LogP contribution in [0, 0.1) is 5.41 Å². The highest BCUT2D eigenvalue weighted by atomic mass is 16.4. The fraction of sp³-hybridized carbons (Fsp3) is 0.793. The Bertz CT molecular complexity index is 622. The zero-order valence-electron chi connectivity index (χ0n) is 22.0. The molecule has 0 aromatic rings. The first kappa shape index (κ1) is 30.4. The SMILES string of the molecule is CC1(C(=O)O)C=CC=C(C(=O)O)C1.CCCCCCCCCCCCCCCCN1CCCC1. The van der Waals surface area contributed by atoms with Gasteiger partial charge in [0.25, 0.3) is 0 Å². The van der Waals surface area contributed by atoms with Crippen LogP contribution in [-0.4, -0.2) is 46.7 Å². The summed E-state index contributed by atoms with van der Waals surface area (Å²) in [5.74, 6) is -2.06. The number of hydrogen-bond acceptors (Lipinski definition) is 3. The summed E-state index contributed by atoms with van der Waals surface area (Å²) in [7, 11) is 0. The molecular weight excluding hydrogens is 426 g/mol. The van der Waals surface area contributed by atoms with Crippen LogP contribution in [0.2, 0.25) is 0 Å². The molecule has 0 bridgehead atoms. The molecule has 0 aromatic carbocycles. The highest BCUT2D eigenvalue weighted by molar-refractivity contribution is 5.90. The molecule has 0 saturated carbocycles. The molecule has 5 heteroatoms. The molecule has 196 valence electrons. The Balaban J connectivity index is 0.000000380. The van der Waals surface area contributed by atoms with E-state index in [0.29, 0.717) is 0 Å². The van der Waals surface area contributed by atoms with Crippen molar-refractivity contribution in [3.05, 3.63) is 23.8 Å². The Morgan fingerprint density at radius 1 is 0.824 bits per heavy atom. The molecule has 1 fully saturated rings. The van der Waals surface area contributed by atoms with Crippen molar-refractivity contribution >= 4 is 11.9 Å². The normalized spacial score (nSPS) is 20.0. The molecule has 0 amide bonds. The number of likely N-dealkylation sites (tertiary alicyclic amines) is 1. The molecule has 2 aliphatic rings. The average molecular weight is 478 g/mol. The number of carboxylic acids is 2. The van der Waals surface area contributed by atoms with Crippen LogP contribution in [-0.2, 0) is 9.59 Å². The predicted octanol–water partition coefficient (Wildman–Crippen LogP) is 7.61. The van der Waals surface area contributed by atoms with E-state index in [2.05, 4.69) is 11.8 Å². The Hall–Kier alpha value is -1.62. The van der Waals surface area contributed by atoms with Gasteiger partial charge in [-0.3, -0.25) is 4.79 Å². The van der Waals surface area contributed by atoms with Gasteiger partial charge >= 0.3 is 11.9 Å². The fourth-order valence-corrected chi connectivity index (χ4v) is 4.72. The van der Waals surface area contributed by atoms with Gasteiger partial charge < -0.3 is 15.1 Å². The van der Waals surface area contributed by atoms with E-state index in [1.807, 2.05) is 0 Å². The molecule has 0 spiro atoms. The first-order valence-corrected chi connectivity index (χ1v) is 14.0. The number of allylic oxidation sites excluding steroid dienone is 2. The Morgan fingerprint density at radius 2 is 1.29 bits per heavy atom. The lowest BCUT2D eigenvalue weighted by molar-refractivity contribution is -0.145. The molecule has 1 atom stereocenters. The molecule has 1 heterocycles. The Labute approximate surface area is 208 Å². The van der Waals surface area contributed by atoms with Crippen LogP contribution in [0.15, 0.2) is 23.8 Å². The second-order valence-electron chi connectivity index (χ2n) is 10.4. The molecule has 1 saturated heterocycles. The van der Waals surface area contributed by atoms with Crippen molar-refractivity contribution in [3.8, 4) is 0 Å². The van der Waals surface area contributed by atoms with Crippen LogP contribution in [0.1, 0.15) is 123 Å². The van der Waals surface area contributed by atoms with Crippen molar-refractivity contribution in [2.24, 2.45) is 5.41 Å². The van der Waals surface area contributed by atoms with Gasteiger partial charge in [0, 0.05) is 5.57 Å². The molecule has 0 radical (unpaired) electrons. The van der Waals surface area contributed by atoms with Crippen LogP contribution in [0.5, 0.6) is 0 Å². The van der Waals surface area contributed by atoms with E-state index < -0.39 is 17.4 Å². The number of aliphatic carboxylic acids is 2. The minimum absolute atomic E-state index is 0.0359. The number of carbonyl (C=O) groups is 2. The third-order valence-electron chi connectivity index (χ3n) is 7.11. The lowest BCUT2D eigenvalue weighted by atomic mass is 9.80. The minimum atomic E-state index is -1.08. The van der Waals surface area contributed by atoms with Crippen LogP contribution in [0.25, 0.3) is 0 Å². The van der Waals surface area contributed by atoms with E-state index in [9.17, 15) is 9.59 Å². The van der Waals surface area contributed by atoms with Gasteiger partial charge in [0.05, 0.1) is 5.41 Å². The molecule has 2 N–H and O–H groups in total. The van der Waals surface area contributed by atoms with Gasteiger partial charge in [-0.05, 0) is 52.2 Å². The molecule has 1 aliphatic heterocycles. The second kappa shape index (κ2) is 18.7. The van der Waals surface area contributed by atoms with Gasteiger partial charge in [-0.1, -0.05) is 109 Å². The Morgan fingerprint density at radius 3 is 1.74 bits per heavy atom. The summed E-state index contributed by atoms with van der Waals surface area (Å²) in [5, 5.41) is 17.5. The molecule has 2 rings (SSSR count). The average Bonchev–Trinajstić information content (AvgIpc) is 3.33. The van der Waals surface area contributed by atoms with Crippen molar-refractivity contribution in [2.45, 2.75) is 123 Å². The topological polar surface area (TPSA) is 77.8 Å². The van der Waals surface area contributed by atoms with Crippen LogP contribution in [0.4, 0.5) is 0 Å². The second-order valence-corrected chi connectivity index (χ2v) is 10.4. The molecular formula is C29H51NO4. The number of nitrogens with zero attached hydrogens (tertiary/aromatic N) is 1.